The number of anilines is 1. The van der Waals surface area contributed by atoms with E-state index in [4.69, 9.17) is 4.74 Å². The molecule has 1 aromatic heterocycles. The van der Waals surface area contributed by atoms with Crippen LogP contribution in [-0.2, 0) is 4.74 Å². The van der Waals surface area contributed by atoms with E-state index in [0.29, 0.717) is 0 Å². The zero-order valence-electron chi connectivity index (χ0n) is 9.07. The Balaban J connectivity index is 1.73. The topological polar surface area (TPSA) is 47.0 Å². The van der Waals surface area contributed by atoms with Crippen molar-refractivity contribution >= 4 is 5.82 Å². The summed E-state index contributed by atoms with van der Waals surface area (Å²) in [5.74, 6) is 2.45. The molecule has 1 saturated heterocycles. The minimum atomic E-state index is 0.723. The third-order valence-electron chi connectivity index (χ3n) is 2.66. The molecule has 0 amide bonds. The maximum absolute atomic E-state index is 5.33. The van der Waals surface area contributed by atoms with Gasteiger partial charge in [0.25, 0.3) is 0 Å². The second-order valence-electron chi connectivity index (χ2n) is 3.93. The molecular formula is C11H17N3O. The van der Waals surface area contributed by atoms with Gasteiger partial charge in [0.1, 0.15) is 11.6 Å². The van der Waals surface area contributed by atoms with E-state index in [2.05, 4.69) is 15.3 Å². The Morgan fingerprint density at radius 2 is 2.53 bits per heavy atom. The number of rotatable bonds is 4. The van der Waals surface area contributed by atoms with Gasteiger partial charge in [0.2, 0.25) is 0 Å². The van der Waals surface area contributed by atoms with Crippen LogP contribution in [-0.4, -0.2) is 29.7 Å². The van der Waals surface area contributed by atoms with E-state index in [0.717, 1.165) is 43.7 Å². The molecule has 1 aromatic rings. The quantitative estimate of drug-likeness (QED) is 0.815. The summed E-state index contributed by atoms with van der Waals surface area (Å²) in [5.41, 5.74) is 0. The van der Waals surface area contributed by atoms with E-state index in [1.807, 2.05) is 13.0 Å². The Morgan fingerprint density at radius 1 is 1.60 bits per heavy atom. The molecule has 2 rings (SSSR count). The zero-order valence-corrected chi connectivity index (χ0v) is 9.07. The van der Waals surface area contributed by atoms with Crippen LogP contribution in [0.4, 0.5) is 5.82 Å². The highest BCUT2D eigenvalue weighted by Gasteiger charge is 2.14. The first-order chi connectivity index (χ1) is 7.34. The summed E-state index contributed by atoms with van der Waals surface area (Å²) in [6, 6.07) is 1.90. The van der Waals surface area contributed by atoms with E-state index in [1.165, 1.54) is 6.42 Å². The van der Waals surface area contributed by atoms with Crippen molar-refractivity contribution in [1.29, 1.82) is 0 Å². The van der Waals surface area contributed by atoms with Crippen molar-refractivity contribution in [3.8, 4) is 0 Å². The van der Waals surface area contributed by atoms with Crippen LogP contribution in [0, 0.1) is 12.8 Å². The van der Waals surface area contributed by atoms with Crippen LogP contribution in [0.5, 0.6) is 0 Å². The van der Waals surface area contributed by atoms with Gasteiger partial charge in [-0.3, -0.25) is 0 Å². The van der Waals surface area contributed by atoms with Gasteiger partial charge in [0.05, 0.1) is 0 Å². The molecule has 1 aliphatic rings. The molecule has 1 fully saturated rings. The molecule has 1 N–H and O–H groups in total. The molecule has 15 heavy (non-hydrogen) atoms. The average molecular weight is 207 g/mol. The number of aromatic nitrogens is 2. The van der Waals surface area contributed by atoms with Gasteiger partial charge < -0.3 is 10.1 Å². The number of aryl methyl sites for hydroxylation is 1. The van der Waals surface area contributed by atoms with Gasteiger partial charge in [-0.05, 0) is 31.7 Å². The highest BCUT2D eigenvalue weighted by atomic mass is 16.5. The first-order valence-electron chi connectivity index (χ1n) is 5.46. The fourth-order valence-corrected chi connectivity index (χ4v) is 1.77. The van der Waals surface area contributed by atoms with Crippen LogP contribution in [0.1, 0.15) is 18.7 Å². The lowest BCUT2D eigenvalue weighted by Gasteiger charge is -2.09. The molecule has 0 aromatic carbocycles. The Hall–Kier alpha value is -1.16. The largest absolute Gasteiger partial charge is 0.381 e. The molecule has 0 spiro atoms. The molecule has 1 aliphatic heterocycles. The van der Waals surface area contributed by atoms with E-state index < -0.39 is 0 Å². The van der Waals surface area contributed by atoms with Crippen molar-refractivity contribution in [2.24, 2.45) is 5.92 Å². The smallest absolute Gasteiger partial charge is 0.129 e. The number of hydrogen-bond donors (Lipinski definition) is 1. The number of ether oxygens (including phenoxy) is 1. The summed E-state index contributed by atoms with van der Waals surface area (Å²) in [5, 5.41) is 3.31. The van der Waals surface area contributed by atoms with Crippen LogP contribution in [0.2, 0.25) is 0 Å². The lowest BCUT2D eigenvalue weighted by atomic mass is 10.1. The van der Waals surface area contributed by atoms with Gasteiger partial charge in [-0.25, -0.2) is 9.97 Å². The fraction of sp³-hybridized carbons (Fsp3) is 0.636. The van der Waals surface area contributed by atoms with E-state index in [-0.39, 0.29) is 0 Å². The Labute approximate surface area is 90.1 Å². The van der Waals surface area contributed by atoms with Crippen LogP contribution in [0.25, 0.3) is 0 Å². The van der Waals surface area contributed by atoms with Crippen molar-refractivity contribution in [2.45, 2.75) is 19.8 Å². The molecule has 2 heterocycles. The monoisotopic (exact) mass is 207 g/mol. The Kier molecular flexibility index (Phi) is 3.50. The van der Waals surface area contributed by atoms with Crippen LogP contribution in [0.15, 0.2) is 12.3 Å². The molecule has 4 heteroatoms. The Bertz CT molecular complexity index is 310. The molecule has 0 radical (unpaired) electrons. The van der Waals surface area contributed by atoms with Gasteiger partial charge in [-0.1, -0.05) is 0 Å². The van der Waals surface area contributed by atoms with Gasteiger partial charge >= 0.3 is 0 Å². The molecule has 82 valence electrons. The molecule has 1 unspecified atom stereocenters. The van der Waals surface area contributed by atoms with Crippen molar-refractivity contribution in [3.63, 3.8) is 0 Å². The summed E-state index contributed by atoms with van der Waals surface area (Å²) in [7, 11) is 0. The maximum Gasteiger partial charge on any atom is 0.129 e. The standard InChI is InChI=1S/C11H17N3O/c1-9-12-6-3-11(14-9)13-5-2-10-4-7-15-8-10/h3,6,10H,2,4-5,7-8H2,1H3,(H,12,13,14). The van der Waals surface area contributed by atoms with E-state index in [1.54, 1.807) is 6.20 Å². The summed E-state index contributed by atoms with van der Waals surface area (Å²) >= 11 is 0. The molecular weight excluding hydrogens is 190 g/mol. The molecule has 0 aliphatic carbocycles. The fourth-order valence-electron chi connectivity index (χ4n) is 1.77. The second-order valence-corrected chi connectivity index (χ2v) is 3.93. The van der Waals surface area contributed by atoms with Crippen LogP contribution in [0.3, 0.4) is 0 Å². The average Bonchev–Trinajstić information content (AvgIpc) is 2.71. The van der Waals surface area contributed by atoms with E-state index in [9.17, 15) is 0 Å². The zero-order chi connectivity index (χ0) is 10.5. The van der Waals surface area contributed by atoms with Crippen molar-refractivity contribution in [2.75, 3.05) is 25.1 Å². The highest BCUT2D eigenvalue weighted by molar-refractivity contribution is 5.32. The maximum atomic E-state index is 5.33. The van der Waals surface area contributed by atoms with Gasteiger partial charge in [0.15, 0.2) is 0 Å². The number of hydrogen-bond acceptors (Lipinski definition) is 4. The van der Waals surface area contributed by atoms with Gasteiger partial charge in [-0.2, -0.15) is 0 Å². The van der Waals surface area contributed by atoms with E-state index >= 15 is 0 Å². The lowest BCUT2D eigenvalue weighted by molar-refractivity contribution is 0.185. The van der Waals surface area contributed by atoms with Crippen LogP contribution < -0.4 is 5.32 Å². The van der Waals surface area contributed by atoms with Crippen molar-refractivity contribution in [1.82, 2.24) is 9.97 Å². The van der Waals surface area contributed by atoms with Crippen LogP contribution >= 0.6 is 0 Å². The Morgan fingerprint density at radius 3 is 3.27 bits per heavy atom. The summed E-state index contributed by atoms with van der Waals surface area (Å²) in [6.07, 6.45) is 4.14. The number of nitrogens with zero attached hydrogens (tertiary/aromatic N) is 2. The molecule has 0 saturated carbocycles. The third-order valence-corrected chi connectivity index (χ3v) is 2.66. The van der Waals surface area contributed by atoms with Gasteiger partial charge in [-0.15, -0.1) is 0 Å². The predicted molar refractivity (Wildman–Crippen MR) is 58.8 cm³/mol. The molecule has 1 atom stereocenters. The third kappa shape index (κ3) is 3.16. The highest BCUT2D eigenvalue weighted by Crippen LogP contribution is 2.16. The summed E-state index contributed by atoms with van der Waals surface area (Å²) in [6.45, 7) is 4.71. The number of nitrogens with one attached hydrogen (secondary N) is 1. The lowest BCUT2D eigenvalue weighted by Crippen LogP contribution is -2.10. The molecule has 0 bridgehead atoms. The first-order valence-corrected chi connectivity index (χ1v) is 5.46. The predicted octanol–water partition coefficient (Wildman–Crippen LogP) is 1.62. The molecule has 4 nitrogen and oxygen atoms in total. The second kappa shape index (κ2) is 5.07. The minimum absolute atomic E-state index is 0.723. The summed E-state index contributed by atoms with van der Waals surface area (Å²) in [4.78, 5) is 8.34. The minimum Gasteiger partial charge on any atom is -0.381 e. The summed E-state index contributed by atoms with van der Waals surface area (Å²) < 4.78 is 5.33. The SMILES string of the molecule is Cc1nccc(NCCC2CCOC2)n1. The van der Waals surface area contributed by atoms with Crippen molar-refractivity contribution in [3.05, 3.63) is 18.1 Å². The first kappa shape index (κ1) is 10.4. The van der Waals surface area contributed by atoms with Crippen molar-refractivity contribution < 1.29 is 4.74 Å². The van der Waals surface area contributed by atoms with Gasteiger partial charge in [0, 0.05) is 26.0 Å². The normalized spacial score (nSPS) is 20.5.